The predicted molar refractivity (Wildman–Crippen MR) is 84.2 cm³/mol. The Bertz CT molecular complexity index is 643. The highest BCUT2D eigenvalue weighted by atomic mass is 15.1. The molecule has 2 rings (SSSR count). The van der Waals surface area contributed by atoms with Crippen molar-refractivity contribution in [1.82, 2.24) is 9.88 Å². The highest BCUT2D eigenvalue weighted by molar-refractivity contribution is 5.40. The van der Waals surface area contributed by atoms with E-state index in [0.717, 1.165) is 24.3 Å². The number of rotatable bonds is 5. The average molecular weight is 280 g/mol. The summed E-state index contributed by atoms with van der Waals surface area (Å²) in [6, 6.07) is 14.2. The third-order valence-electron chi connectivity index (χ3n) is 3.39. The Hall–Kier alpha value is -2.38. The van der Waals surface area contributed by atoms with Gasteiger partial charge in [-0.3, -0.25) is 4.90 Å². The molecule has 108 valence electrons. The lowest BCUT2D eigenvalue weighted by Crippen LogP contribution is -2.29. The van der Waals surface area contributed by atoms with E-state index in [2.05, 4.69) is 35.9 Å². The Morgan fingerprint density at radius 1 is 1.19 bits per heavy atom. The van der Waals surface area contributed by atoms with Gasteiger partial charge in [-0.1, -0.05) is 12.1 Å². The molecule has 0 atom stereocenters. The van der Waals surface area contributed by atoms with Crippen molar-refractivity contribution in [1.29, 1.82) is 5.26 Å². The van der Waals surface area contributed by atoms with Crippen LogP contribution >= 0.6 is 0 Å². The highest BCUT2D eigenvalue weighted by Gasteiger charge is 2.11. The number of hydrogen-bond donors (Lipinski definition) is 1. The van der Waals surface area contributed by atoms with Crippen molar-refractivity contribution < 1.29 is 0 Å². The van der Waals surface area contributed by atoms with E-state index in [-0.39, 0.29) is 0 Å². The van der Waals surface area contributed by atoms with Gasteiger partial charge < -0.3 is 5.73 Å². The third-order valence-corrected chi connectivity index (χ3v) is 3.39. The minimum atomic E-state index is 0.394. The van der Waals surface area contributed by atoms with Gasteiger partial charge in [-0.15, -0.1) is 0 Å². The lowest BCUT2D eigenvalue weighted by molar-refractivity contribution is 0.203. The smallest absolute Gasteiger partial charge is 0.140 e. The van der Waals surface area contributed by atoms with E-state index in [9.17, 15) is 0 Å². The Balaban J connectivity index is 2.14. The number of pyridine rings is 1. The number of nitriles is 1. The Morgan fingerprint density at radius 2 is 1.90 bits per heavy atom. The second-order valence-electron chi connectivity index (χ2n) is 5.40. The fourth-order valence-corrected chi connectivity index (χ4v) is 2.22. The summed E-state index contributed by atoms with van der Waals surface area (Å²) in [4.78, 5) is 6.35. The maximum absolute atomic E-state index is 8.93. The molecule has 4 nitrogen and oxygen atoms in total. The van der Waals surface area contributed by atoms with Gasteiger partial charge in [-0.25, -0.2) is 4.98 Å². The van der Waals surface area contributed by atoms with Crippen LogP contribution in [0.2, 0.25) is 0 Å². The van der Waals surface area contributed by atoms with E-state index >= 15 is 0 Å². The van der Waals surface area contributed by atoms with Crippen molar-refractivity contribution in [3.05, 3.63) is 59.4 Å². The first-order valence-corrected chi connectivity index (χ1v) is 7.02. The summed E-state index contributed by atoms with van der Waals surface area (Å²) in [6.45, 7) is 5.94. The standard InChI is InChI=1S/C17H20N4/c1-13(2)21(11-14-4-3-5-16(19)8-14)12-15-6-7-20-17(9-15)10-18/h3-9,13H,11-12,19H2,1-2H3. The molecular formula is C17H20N4. The molecule has 1 aromatic heterocycles. The van der Waals surface area contributed by atoms with E-state index < -0.39 is 0 Å². The summed E-state index contributed by atoms with van der Waals surface area (Å²) < 4.78 is 0. The second-order valence-corrected chi connectivity index (χ2v) is 5.40. The molecule has 0 aliphatic heterocycles. The molecular weight excluding hydrogens is 260 g/mol. The largest absolute Gasteiger partial charge is 0.399 e. The van der Waals surface area contributed by atoms with E-state index in [0.29, 0.717) is 11.7 Å². The third kappa shape index (κ3) is 4.30. The van der Waals surface area contributed by atoms with Crippen molar-refractivity contribution in [2.45, 2.75) is 33.0 Å². The fraction of sp³-hybridized carbons (Fsp3) is 0.294. The van der Waals surface area contributed by atoms with Gasteiger partial charge in [0.1, 0.15) is 11.8 Å². The lowest BCUT2D eigenvalue weighted by atomic mass is 10.1. The molecule has 0 bridgehead atoms. The fourth-order valence-electron chi connectivity index (χ4n) is 2.22. The topological polar surface area (TPSA) is 65.9 Å². The molecule has 2 N–H and O–H groups in total. The molecule has 21 heavy (non-hydrogen) atoms. The van der Waals surface area contributed by atoms with Gasteiger partial charge in [-0.05, 0) is 49.2 Å². The van der Waals surface area contributed by atoms with Crippen LogP contribution in [-0.4, -0.2) is 15.9 Å². The zero-order valence-electron chi connectivity index (χ0n) is 12.5. The number of aromatic nitrogens is 1. The molecule has 0 fully saturated rings. The van der Waals surface area contributed by atoms with Crippen LogP contribution in [0.1, 0.15) is 30.7 Å². The van der Waals surface area contributed by atoms with Gasteiger partial charge in [0.25, 0.3) is 0 Å². The molecule has 0 saturated carbocycles. The summed E-state index contributed by atoms with van der Waals surface area (Å²) in [5, 5.41) is 8.93. The Labute approximate surface area is 125 Å². The van der Waals surface area contributed by atoms with Gasteiger partial charge in [0, 0.05) is 31.0 Å². The van der Waals surface area contributed by atoms with Crippen molar-refractivity contribution in [3.63, 3.8) is 0 Å². The second kappa shape index (κ2) is 6.87. The SMILES string of the molecule is CC(C)N(Cc1cccc(N)c1)Cc1ccnc(C#N)c1. The van der Waals surface area contributed by atoms with E-state index in [1.165, 1.54) is 5.56 Å². The van der Waals surface area contributed by atoms with Crippen molar-refractivity contribution in [2.24, 2.45) is 0 Å². The van der Waals surface area contributed by atoms with Crippen LogP contribution in [-0.2, 0) is 13.1 Å². The maximum atomic E-state index is 8.93. The number of nitrogens with zero attached hydrogens (tertiary/aromatic N) is 3. The van der Waals surface area contributed by atoms with Crippen LogP contribution in [0, 0.1) is 11.3 Å². The first-order chi connectivity index (χ1) is 10.1. The summed E-state index contributed by atoms with van der Waals surface area (Å²) in [5.41, 5.74) is 9.37. The summed E-state index contributed by atoms with van der Waals surface area (Å²) in [5.74, 6) is 0. The first kappa shape index (κ1) is 15.0. The minimum Gasteiger partial charge on any atom is -0.399 e. The monoisotopic (exact) mass is 280 g/mol. The molecule has 0 aliphatic carbocycles. The predicted octanol–water partition coefficient (Wildman–Crippen LogP) is 2.95. The number of nitrogen functional groups attached to an aromatic ring is 1. The minimum absolute atomic E-state index is 0.394. The number of hydrogen-bond acceptors (Lipinski definition) is 4. The van der Waals surface area contributed by atoms with Crippen LogP contribution in [0.5, 0.6) is 0 Å². The van der Waals surface area contributed by atoms with Crippen LogP contribution in [0.3, 0.4) is 0 Å². The Morgan fingerprint density at radius 3 is 2.52 bits per heavy atom. The number of nitrogens with two attached hydrogens (primary N) is 1. The van der Waals surface area contributed by atoms with Crippen molar-refractivity contribution in [2.75, 3.05) is 5.73 Å². The number of benzene rings is 1. The molecule has 1 heterocycles. The average Bonchev–Trinajstić information content (AvgIpc) is 2.47. The zero-order chi connectivity index (χ0) is 15.2. The van der Waals surface area contributed by atoms with Gasteiger partial charge in [0.2, 0.25) is 0 Å². The van der Waals surface area contributed by atoms with Crippen LogP contribution in [0.25, 0.3) is 0 Å². The van der Waals surface area contributed by atoms with Crippen molar-refractivity contribution >= 4 is 5.69 Å². The quantitative estimate of drug-likeness (QED) is 0.855. The first-order valence-electron chi connectivity index (χ1n) is 7.02. The molecule has 0 spiro atoms. The normalized spacial score (nSPS) is 10.8. The van der Waals surface area contributed by atoms with Gasteiger partial charge in [0.15, 0.2) is 0 Å². The van der Waals surface area contributed by atoms with Gasteiger partial charge >= 0.3 is 0 Å². The van der Waals surface area contributed by atoms with Gasteiger partial charge in [-0.2, -0.15) is 5.26 Å². The number of anilines is 1. The molecule has 0 amide bonds. The van der Waals surface area contributed by atoms with E-state index in [4.69, 9.17) is 11.0 Å². The van der Waals surface area contributed by atoms with E-state index in [1.54, 1.807) is 6.20 Å². The van der Waals surface area contributed by atoms with Gasteiger partial charge in [0.05, 0.1) is 0 Å². The summed E-state index contributed by atoms with van der Waals surface area (Å²) in [7, 11) is 0. The molecule has 0 unspecified atom stereocenters. The molecule has 2 aromatic rings. The zero-order valence-corrected chi connectivity index (χ0v) is 12.5. The maximum Gasteiger partial charge on any atom is 0.140 e. The highest BCUT2D eigenvalue weighted by Crippen LogP contribution is 2.15. The molecule has 0 aliphatic rings. The summed E-state index contributed by atoms with van der Waals surface area (Å²) >= 11 is 0. The van der Waals surface area contributed by atoms with Crippen LogP contribution in [0.4, 0.5) is 5.69 Å². The van der Waals surface area contributed by atoms with Crippen LogP contribution in [0.15, 0.2) is 42.6 Å². The van der Waals surface area contributed by atoms with Crippen molar-refractivity contribution in [3.8, 4) is 6.07 Å². The van der Waals surface area contributed by atoms with E-state index in [1.807, 2.05) is 30.3 Å². The molecule has 0 radical (unpaired) electrons. The lowest BCUT2D eigenvalue weighted by Gasteiger charge is -2.26. The Kier molecular flexibility index (Phi) is 4.91. The van der Waals surface area contributed by atoms with Crippen LogP contribution < -0.4 is 5.73 Å². The molecule has 1 aromatic carbocycles. The summed E-state index contributed by atoms with van der Waals surface area (Å²) in [6.07, 6.45) is 1.69. The molecule has 4 heteroatoms. The molecule has 0 saturated heterocycles.